The van der Waals surface area contributed by atoms with Crippen LogP contribution in [0.5, 0.6) is 5.75 Å². The molecule has 0 aromatic heterocycles. The number of rotatable bonds is 6. The van der Waals surface area contributed by atoms with Crippen molar-refractivity contribution in [2.24, 2.45) is 0 Å². The number of nitrogens with one attached hydrogen (secondary N) is 2. The molecule has 20 heavy (non-hydrogen) atoms. The molecule has 1 aromatic rings. The van der Waals surface area contributed by atoms with Crippen LogP contribution in [0.15, 0.2) is 24.3 Å². The van der Waals surface area contributed by atoms with E-state index in [9.17, 15) is 4.79 Å². The Bertz CT molecular complexity index is 433. The van der Waals surface area contributed by atoms with Gasteiger partial charge >= 0.3 is 6.03 Å². The van der Waals surface area contributed by atoms with Gasteiger partial charge in [-0.25, -0.2) is 4.79 Å². The van der Waals surface area contributed by atoms with E-state index >= 15 is 0 Å². The fourth-order valence-electron chi connectivity index (χ4n) is 1.95. The molecule has 0 spiro atoms. The van der Waals surface area contributed by atoms with Gasteiger partial charge in [0.25, 0.3) is 0 Å². The van der Waals surface area contributed by atoms with E-state index in [0.29, 0.717) is 6.54 Å². The molecule has 1 unspecified atom stereocenters. The van der Waals surface area contributed by atoms with E-state index < -0.39 is 0 Å². The first kappa shape index (κ1) is 16.3. The lowest BCUT2D eigenvalue weighted by molar-refractivity contribution is 0.230. The molecule has 0 fully saturated rings. The van der Waals surface area contributed by atoms with Crippen LogP contribution in [0.1, 0.15) is 25.5 Å². The summed E-state index contributed by atoms with van der Waals surface area (Å²) < 4.78 is 5.24. The predicted octanol–water partition coefficient (Wildman–Crippen LogP) is 2.01. The van der Waals surface area contributed by atoms with Crippen molar-refractivity contribution in [1.82, 2.24) is 15.5 Å². The normalized spacial score (nSPS) is 12.3. The van der Waals surface area contributed by atoms with Crippen LogP contribution in [-0.2, 0) is 0 Å². The van der Waals surface area contributed by atoms with Crippen LogP contribution >= 0.6 is 0 Å². The average molecular weight is 279 g/mol. The van der Waals surface area contributed by atoms with Crippen molar-refractivity contribution in [2.45, 2.75) is 25.9 Å². The minimum Gasteiger partial charge on any atom is -0.497 e. The molecule has 1 aromatic carbocycles. The van der Waals surface area contributed by atoms with Gasteiger partial charge in [0.1, 0.15) is 5.75 Å². The lowest BCUT2D eigenvalue weighted by atomic mass is 10.1. The summed E-state index contributed by atoms with van der Waals surface area (Å²) in [4.78, 5) is 13.7. The minimum atomic E-state index is -0.144. The summed E-state index contributed by atoms with van der Waals surface area (Å²) in [5.41, 5.74) is 1.11. The Morgan fingerprint density at radius 2 is 2.05 bits per heavy atom. The smallest absolute Gasteiger partial charge is 0.315 e. The molecular formula is C15H25N3O2. The van der Waals surface area contributed by atoms with Crippen LogP contribution in [0.25, 0.3) is 0 Å². The molecule has 112 valence electrons. The molecular weight excluding hydrogens is 254 g/mol. The fourth-order valence-corrected chi connectivity index (χ4v) is 1.95. The average Bonchev–Trinajstić information content (AvgIpc) is 2.38. The molecule has 0 radical (unpaired) electrons. The molecule has 0 aliphatic carbocycles. The second kappa shape index (κ2) is 7.75. The van der Waals surface area contributed by atoms with Gasteiger partial charge < -0.3 is 20.3 Å². The Morgan fingerprint density at radius 1 is 1.35 bits per heavy atom. The maximum Gasteiger partial charge on any atom is 0.315 e. The van der Waals surface area contributed by atoms with Crippen molar-refractivity contribution in [3.05, 3.63) is 29.8 Å². The van der Waals surface area contributed by atoms with E-state index in [4.69, 9.17) is 4.74 Å². The van der Waals surface area contributed by atoms with Crippen LogP contribution in [-0.4, -0.2) is 44.7 Å². The number of hydrogen-bond acceptors (Lipinski definition) is 3. The number of benzene rings is 1. The maximum absolute atomic E-state index is 11.7. The summed E-state index contributed by atoms with van der Waals surface area (Å²) in [5.74, 6) is 0.820. The van der Waals surface area contributed by atoms with E-state index in [0.717, 1.165) is 11.3 Å². The number of ether oxygens (including phenoxy) is 1. The van der Waals surface area contributed by atoms with Gasteiger partial charge in [0, 0.05) is 12.6 Å². The van der Waals surface area contributed by atoms with Gasteiger partial charge in [-0.3, -0.25) is 0 Å². The van der Waals surface area contributed by atoms with Crippen LogP contribution in [0.2, 0.25) is 0 Å². The number of hydrogen-bond donors (Lipinski definition) is 2. The van der Waals surface area contributed by atoms with E-state index in [1.165, 1.54) is 0 Å². The molecule has 5 heteroatoms. The third-order valence-electron chi connectivity index (χ3n) is 2.98. The topological polar surface area (TPSA) is 53.6 Å². The summed E-state index contributed by atoms with van der Waals surface area (Å²) in [6.45, 7) is 4.41. The Hall–Kier alpha value is -1.75. The minimum absolute atomic E-state index is 0.100. The summed E-state index contributed by atoms with van der Waals surface area (Å²) in [7, 11) is 5.64. The van der Waals surface area contributed by atoms with E-state index in [1.807, 2.05) is 52.2 Å². The summed E-state index contributed by atoms with van der Waals surface area (Å²) in [6, 6.07) is 7.98. The monoisotopic (exact) mass is 279 g/mol. The highest BCUT2D eigenvalue weighted by atomic mass is 16.5. The van der Waals surface area contributed by atoms with Crippen molar-refractivity contribution < 1.29 is 9.53 Å². The van der Waals surface area contributed by atoms with E-state index in [1.54, 1.807) is 7.11 Å². The molecule has 1 atom stereocenters. The first-order chi connectivity index (χ1) is 9.43. The fraction of sp³-hybridized carbons (Fsp3) is 0.533. The molecule has 0 aliphatic rings. The second-order valence-corrected chi connectivity index (χ2v) is 5.27. The molecule has 0 bridgehead atoms. The van der Waals surface area contributed by atoms with Gasteiger partial charge in [-0.2, -0.15) is 0 Å². The first-order valence-electron chi connectivity index (χ1n) is 6.78. The molecule has 0 aliphatic heterocycles. The Labute approximate surface area is 121 Å². The van der Waals surface area contributed by atoms with E-state index in [-0.39, 0.29) is 18.1 Å². The van der Waals surface area contributed by atoms with Gasteiger partial charge in [-0.1, -0.05) is 12.1 Å². The van der Waals surface area contributed by atoms with Crippen molar-refractivity contribution in [3.63, 3.8) is 0 Å². The lowest BCUT2D eigenvalue weighted by Gasteiger charge is -2.25. The molecule has 2 amide bonds. The number of carbonyl (C=O) groups excluding carboxylic acids is 1. The maximum atomic E-state index is 11.7. The van der Waals surface area contributed by atoms with Crippen molar-refractivity contribution in [2.75, 3.05) is 27.7 Å². The zero-order chi connectivity index (χ0) is 15.1. The number of amides is 2. The number of likely N-dealkylation sites (N-methyl/N-ethyl adjacent to an activating group) is 1. The third kappa shape index (κ3) is 5.09. The zero-order valence-electron chi connectivity index (χ0n) is 12.9. The number of urea groups is 1. The van der Waals surface area contributed by atoms with Gasteiger partial charge in [-0.15, -0.1) is 0 Å². The number of nitrogens with zero attached hydrogens (tertiary/aromatic N) is 1. The summed E-state index contributed by atoms with van der Waals surface area (Å²) >= 11 is 0. The summed E-state index contributed by atoms with van der Waals surface area (Å²) in [5, 5.41) is 5.72. The zero-order valence-corrected chi connectivity index (χ0v) is 12.9. The Kier molecular flexibility index (Phi) is 6.31. The Balaban J connectivity index is 2.71. The Morgan fingerprint density at radius 3 is 2.60 bits per heavy atom. The first-order valence-corrected chi connectivity index (χ1v) is 6.78. The SMILES string of the molecule is COc1cccc(C(CNC(=O)NC(C)C)N(C)C)c1. The summed E-state index contributed by atoms with van der Waals surface area (Å²) in [6.07, 6.45) is 0. The highest BCUT2D eigenvalue weighted by Crippen LogP contribution is 2.21. The van der Waals surface area contributed by atoms with Crippen molar-refractivity contribution in [1.29, 1.82) is 0 Å². The predicted molar refractivity (Wildman–Crippen MR) is 81.1 cm³/mol. The molecule has 2 N–H and O–H groups in total. The lowest BCUT2D eigenvalue weighted by Crippen LogP contribution is -2.43. The molecule has 0 saturated heterocycles. The highest BCUT2D eigenvalue weighted by molar-refractivity contribution is 5.74. The van der Waals surface area contributed by atoms with Crippen LogP contribution in [0.4, 0.5) is 4.79 Å². The molecule has 5 nitrogen and oxygen atoms in total. The van der Waals surface area contributed by atoms with Crippen molar-refractivity contribution in [3.8, 4) is 5.75 Å². The largest absolute Gasteiger partial charge is 0.497 e. The number of carbonyl (C=O) groups is 1. The second-order valence-electron chi connectivity index (χ2n) is 5.27. The molecule has 1 rings (SSSR count). The molecule has 0 saturated carbocycles. The van der Waals surface area contributed by atoms with Gasteiger partial charge in [-0.05, 0) is 45.6 Å². The van der Waals surface area contributed by atoms with Gasteiger partial charge in [0.05, 0.1) is 13.2 Å². The quantitative estimate of drug-likeness (QED) is 0.837. The van der Waals surface area contributed by atoms with Crippen LogP contribution in [0, 0.1) is 0 Å². The van der Waals surface area contributed by atoms with Crippen LogP contribution < -0.4 is 15.4 Å². The van der Waals surface area contributed by atoms with Crippen molar-refractivity contribution >= 4 is 6.03 Å². The highest BCUT2D eigenvalue weighted by Gasteiger charge is 2.16. The number of methoxy groups -OCH3 is 1. The van der Waals surface area contributed by atoms with Crippen LogP contribution in [0.3, 0.4) is 0 Å². The third-order valence-corrected chi connectivity index (χ3v) is 2.98. The molecule has 0 heterocycles. The standard InChI is InChI=1S/C15H25N3O2/c1-11(2)17-15(19)16-10-14(18(3)4)12-7-6-8-13(9-12)20-5/h6-9,11,14H,10H2,1-5H3,(H2,16,17,19). The van der Waals surface area contributed by atoms with Gasteiger partial charge in [0.15, 0.2) is 0 Å². The van der Waals surface area contributed by atoms with E-state index in [2.05, 4.69) is 15.5 Å². The van der Waals surface area contributed by atoms with Gasteiger partial charge in [0.2, 0.25) is 0 Å².